The van der Waals surface area contributed by atoms with Gasteiger partial charge in [0, 0.05) is 42.1 Å². The Bertz CT molecular complexity index is 609. The van der Waals surface area contributed by atoms with Gasteiger partial charge in [-0.3, -0.25) is 0 Å². The molecule has 6 heteroatoms. The van der Waals surface area contributed by atoms with E-state index in [0.29, 0.717) is 17.1 Å². The summed E-state index contributed by atoms with van der Waals surface area (Å²) in [5, 5.41) is 4.12. The lowest BCUT2D eigenvalue weighted by molar-refractivity contribution is 0.177. The second-order valence-corrected chi connectivity index (χ2v) is 9.00. The SMILES string of the molecule is CC(C)N1CCC(Nc2cc(Cl)ccc2CS(C)(=O)=O)CC1. The molecule has 1 N–H and O–H groups in total. The number of benzene rings is 1. The highest BCUT2D eigenvalue weighted by atomic mass is 35.5. The van der Waals surface area contributed by atoms with Gasteiger partial charge >= 0.3 is 0 Å². The van der Waals surface area contributed by atoms with Crippen molar-refractivity contribution in [2.24, 2.45) is 0 Å². The van der Waals surface area contributed by atoms with Crippen molar-refractivity contribution in [1.29, 1.82) is 0 Å². The summed E-state index contributed by atoms with van der Waals surface area (Å²) in [4.78, 5) is 2.47. The van der Waals surface area contributed by atoms with Crippen LogP contribution < -0.4 is 5.32 Å². The largest absolute Gasteiger partial charge is 0.382 e. The predicted octanol–water partition coefficient (Wildman–Crippen LogP) is 3.17. The number of anilines is 1. The van der Waals surface area contributed by atoms with E-state index in [4.69, 9.17) is 11.6 Å². The van der Waals surface area contributed by atoms with Crippen LogP contribution in [0.5, 0.6) is 0 Å². The van der Waals surface area contributed by atoms with Gasteiger partial charge in [-0.25, -0.2) is 8.42 Å². The number of hydrogen-bond acceptors (Lipinski definition) is 4. The molecule has 0 spiro atoms. The maximum absolute atomic E-state index is 11.6. The zero-order valence-electron chi connectivity index (χ0n) is 13.5. The molecule has 4 nitrogen and oxygen atoms in total. The van der Waals surface area contributed by atoms with Gasteiger partial charge in [0.05, 0.1) is 5.75 Å². The quantitative estimate of drug-likeness (QED) is 0.891. The molecule has 0 bridgehead atoms. The van der Waals surface area contributed by atoms with Gasteiger partial charge < -0.3 is 10.2 Å². The van der Waals surface area contributed by atoms with Crippen LogP contribution in [0.15, 0.2) is 18.2 Å². The van der Waals surface area contributed by atoms with Crippen molar-refractivity contribution in [2.45, 2.75) is 44.5 Å². The zero-order valence-corrected chi connectivity index (χ0v) is 15.0. The second-order valence-electron chi connectivity index (χ2n) is 6.42. The Balaban J connectivity index is 2.08. The average molecular weight is 345 g/mol. The summed E-state index contributed by atoms with van der Waals surface area (Å²) in [7, 11) is -3.06. The van der Waals surface area contributed by atoms with Crippen LogP contribution in [0, 0.1) is 0 Å². The van der Waals surface area contributed by atoms with Gasteiger partial charge in [-0.1, -0.05) is 17.7 Å². The standard InChI is InChI=1S/C16H25ClN2O2S/c1-12(2)19-8-6-15(7-9-19)18-16-10-14(17)5-4-13(16)11-22(3,20)21/h4-5,10,12,15,18H,6-9,11H2,1-3H3. The van der Waals surface area contributed by atoms with Crippen molar-refractivity contribution in [2.75, 3.05) is 24.7 Å². The van der Waals surface area contributed by atoms with Crippen LogP contribution in [-0.2, 0) is 15.6 Å². The molecule has 0 aliphatic carbocycles. The number of piperidine rings is 1. The first-order valence-corrected chi connectivity index (χ1v) is 10.1. The molecule has 2 rings (SSSR count). The Morgan fingerprint density at radius 1 is 1.32 bits per heavy atom. The summed E-state index contributed by atoms with van der Waals surface area (Å²) in [6, 6.07) is 6.32. The second kappa shape index (κ2) is 7.20. The third-order valence-electron chi connectivity index (χ3n) is 4.11. The molecule has 22 heavy (non-hydrogen) atoms. The minimum Gasteiger partial charge on any atom is -0.382 e. The number of sulfone groups is 1. The van der Waals surface area contributed by atoms with Crippen molar-refractivity contribution in [3.05, 3.63) is 28.8 Å². The maximum Gasteiger partial charge on any atom is 0.151 e. The van der Waals surface area contributed by atoms with E-state index < -0.39 is 9.84 Å². The number of nitrogens with zero attached hydrogens (tertiary/aromatic N) is 1. The summed E-state index contributed by atoms with van der Waals surface area (Å²) in [5.74, 6) is 0.0390. The highest BCUT2D eigenvalue weighted by molar-refractivity contribution is 7.89. The fourth-order valence-electron chi connectivity index (χ4n) is 2.87. The summed E-state index contributed by atoms with van der Waals surface area (Å²) < 4.78 is 23.2. The van der Waals surface area contributed by atoms with Gasteiger partial charge in [-0.15, -0.1) is 0 Å². The molecule has 0 aromatic heterocycles. The van der Waals surface area contributed by atoms with E-state index >= 15 is 0 Å². The number of likely N-dealkylation sites (tertiary alicyclic amines) is 1. The van der Waals surface area contributed by atoms with Crippen LogP contribution in [0.2, 0.25) is 5.02 Å². The molecule has 1 aromatic rings. The zero-order chi connectivity index (χ0) is 16.3. The number of rotatable bonds is 5. The van der Waals surface area contributed by atoms with E-state index in [9.17, 15) is 8.42 Å². The first-order valence-electron chi connectivity index (χ1n) is 7.71. The minimum atomic E-state index is -3.06. The van der Waals surface area contributed by atoms with Crippen molar-refractivity contribution >= 4 is 27.1 Å². The monoisotopic (exact) mass is 344 g/mol. The lowest BCUT2D eigenvalue weighted by atomic mass is 10.0. The van der Waals surface area contributed by atoms with Crippen LogP contribution in [-0.4, -0.2) is 44.7 Å². The Labute approximate surface area is 138 Å². The lowest BCUT2D eigenvalue weighted by Crippen LogP contribution is -2.42. The van der Waals surface area contributed by atoms with Gasteiger partial charge in [0.2, 0.25) is 0 Å². The van der Waals surface area contributed by atoms with E-state index in [-0.39, 0.29) is 5.75 Å². The lowest BCUT2D eigenvalue weighted by Gasteiger charge is -2.35. The number of nitrogens with one attached hydrogen (secondary N) is 1. The van der Waals surface area contributed by atoms with E-state index in [2.05, 4.69) is 24.1 Å². The van der Waals surface area contributed by atoms with Crippen molar-refractivity contribution in [1.82, 2.24) is 4.90 Å². The third-order valence-corrected chi connectivity index (χ3v) is 5.18. The van der Waals surface area contributed by atoms with Gasteiger partial charge in [-0.2, -0.15) is 0 Å². The Hall–Kier alpha value is -0.780. The molecule has 1 aliphatic rings. The molecule has 0 atom stereocenters. The van der Waals surface area contributed by atoms with E-state index in [1.165, 1.54) is 6.26 Å². The third kappa shape index (κ3) is 5.14. The van der Waals surface area contributed by atoms with Gasteiger partial charge in [0.15, 0.2) is 9.84 Å². The molecule has 0 amide bonds. The van der Waals surface area contributed by atoms with Gasteiger partial charge in [-0.05, 0) is 44.4 Å². The molecular formula is C16H25ClN2O2S. The van der Waals surface area contributed by atoms with E-state index in [1.54, 1.807) is 12.1 Å². The Kier molecular flexibility index (Phi) is 5.75. The number of halogens is 1. The normalized spacial score (nSPS) is 17.9. The Morgan fingerprint density at radius 2 is 1.95 bits per heavy atom. The summed E-state index contributed by atoms with van der Waals surface area (Å²) in [6.45, 7) is 6.57. The minimum absolute atomic E-state index is 0.0390. The maximum atomic E-state index is 11.6. The fourth-order valence-corrected chi connectivity index (χ4v) is 3.86. The van der Waals surface area contributed by atoms with Crippen LogP contribution in [0.25, 0.3) is 0 Å². The molecule has 1 heterocycles. The van der Waals surface area contributed by atoms with Crippen molar-refractivity contribution in [3.63, 3.8) is 0 Å². The summed E-state index contributed by atoms with van der Waals surface area (Å²) >= 11 is 6.07. The average Bonchev–Trinajstić information content (AvgIpc) is 2.41. The molecular weight excluding hydrogens is 320 g/mol. The molecule has 0 unspecified atom stereocenters. The highest BCUT2D eigenvalue weighted by Crippen LogP contribution is 2.26. The molecule has 0 radical (unpaired) electrons. The van der Waals surface area contributed by atoms with Gasteiger partial charge in [0.25, 0.3) is 0 Å². The molecule has 1 saturated heterocycles. The number of hydrogen-bond donors (Lipinski definition) is 1. The van der Waals surface area contributed by atoms with Crippen LogP contribution in [0.4, 0.5) is 5.69 Å². The first-order chi connectivity index (χ1) is 10.2. The molecule has 1 fully saturated rings. The predicted molar refractivity (Wildman–Crippen MR) is 93.4 cm³/mol. The first kappa shape index (κ1) is 17.6. The summed E-state index contributed by atoms with van der Waals surface area (Å²) in [5.41, 5.74) is 1.64. The smallest absolute Gasteiger partial charge is 0.151 e. The van der Waals surface area contributed by atoms with Gasteiger partial charge in [0.1, 0.15) is 0 Å². The topological polar surface area (TPSA) is 49.4 Å². The van der Waals surface area contributed by atoms with E-state index in [1.807, 2.05) is 6.07 Å². The highest BCUT2D eigenvalue weighted by Gasteiger charge is 2.21. The van der Waals surface area contributed by atoms with Crippen LogP contribution >= 0.6 is 11.6 Å². The molecule has 1 aromatic carbocycles. The molecule has 0 saturated carbocycles. The summed E-state index contributed by atoms with van der Waals surface area (Å²) in [6.07, 6.45) is 3.37. The molecule has 1 aliphatic heterocycles. The van der Waals surface area contributed by atoms with Crippen molar-refractivity contribution in [3.8, 4) is 0 Å². The van der Waals surface area contributed by atoms with E-state index in [0.717, 1.165) is 37.2 Å². The van der Waals surface area contributed by atoms with Crippen LogP contribution in [0.1, 0.15) is 32.3 Å². The fraction of sp³-hybridized carbons (Fsp3) is 0.625. The van der Waals surface area contributed by atoms with Crippen molar-refractivity contribution < 1.29 is 8.42 Å². The molecule has 124 valence electrons. The Morgan fingerprint density at radius 3 is 2.50 bits per heavy atom. The van der Waals surface area contributed by atoms with Crippen LogP contribution in [0.3, 0.4) is 0 Å².